The number of carbonyl (C=O) groups excluding carboxylic acids is 3. The first-order valence-corrected chi connectivity index (χ1v) is 10.8. The van der Waals surface area contributed by atoms with Gasteiger partial charge in [-0.3, -0.25) is 9.59 Å². The van der Waals surface area contributed by atoms with Crippen LogP contribution in [0.3, 0.4) is 0 Å². The number of esters is 2. The van der Waals surface area contributed by atoms with Crippen LogP contribution in [0.2, 0.25) is 0 Å². The first kappa shape index (κ1) is 21.4. The lowest BCUT2D eigenvalue weighted by Gasteiger charge is -2.18. The Labute approximate surface area is 177 Å². The second-order valence-electron chi connectivity index (χ2n) is 7.61. The van der Waals surface area contributed by atoms with Gasteiger partial charge in [0, 0.05) is 11.3 Å². The largest absolute Gasteiger partial charge is 0.462 e. The third-order valence-corrected chi connectivity index (χ3v) is 7.56. The van der Waals surface area contributed by atoms with E-state index in [0.29, 0.717) is 16.5 Å². The highest BCUT2D eigenvalue weighted by atomic mass is 35.5. The van der Waals surface area contributed by atoms with Gasteiger partial charge < -0.3 is 14.8 Å². The normalized spacial score (nSPS) is 24.8. The molecule has 1 heterocycles. The Bertz CT molecular complexity index is 821. The van der Waals surface area contributed by atoms with Crippen LogP contribution in [0, 0.1) is 11.3 Å². The second-order valence-corrected chi connectivity index (χ2v) is 10.2. The van der Waals surface area contributed by atoms with Crippen LogP contribution < -0.4 is 5.32 Å². The summed E-state index contributed by atoms with van der Waals surface area (Å²) < 4.78 is 9.10. The Hall–Kier alpha value is -1.31. The van der Waals surface area contributed by atoms with Crippen molar-refractivity contribution in [1.82, 2.24) is 0 Å². The Balaban J connectivity index is 1.70. The van der Waals surface area contributed by atoms with Crippen molar-refractivity contribution in [3.05, 3.63) is 16.0 Å². The molecule has 0 radical (unpaired) electrons. The molecule has 1 N–H and O–H groups in total. The standard InChI is InChI=1S/C19H23Cl2NO5S/c1-4-26-16(24)14-11-6-5-10(2)7-12(11)28-15(14)22-13(23)8-27-17(25)18(3)9-19(18,20)21/h10H,4-9H2,1-3H3,(H,22,23)/t10-,18+/m0/s1. The van der Waals surface area contributed by atoms with Crippen molar-refractivity contribution in [3.63, 3.8) is 0 Å². The number of rotatable bonds is 6. The zero-order valence-electron chi connectivity index (χ0n) is 16.0. The fourth-order valence-corrected chi connectivity index (χ4v) is 5.44. The maximum atomic E-state index is 12.5. The highest BCUT2D eigenvalue weighted by Crippen LogP contribution is 2.64. The molecule has 0 aromatic carbocycles. The number of anilines is 1. The summed E-state index contributed by atoms with van der Waals surface area (Å²) in [4.78, 5) is 38.0. The van der Waals surface area contributed by atoms with E-state index < -0.39 is 34.2 Å². The molecule has 154 valence electrons. The molecular formula is C19H23Cl2NO5S. The van der Waals surface area contributed by atoms with Crippen molar-refractivity contribution in [2.24, 2.45) is 11.3 Å². The van der Waals surface area contributed by atoms with Crippen molar-refractivity contribution < 1.29 is 23.9 Å². The highest BCUT2D eigenvalue weighted by Gasteiger charge is 2.69. The maximum absolute atomic E-state index is 12.5. The molecule has 1 amide bonds. The average molecular weight is 448 g/mol. The molecule has 0 bridgehead atoms. The van der Waals surface area contributed by atoms with E-state index in [2.05, 4.69) is 12.2 Å². The highest BCUT2D eigenvalue weighted by molar-refractivity contribution is 7.17. The van der Waals surface area contributed by atoms with E-state index in [1.54, 1.807) is 13.8 Å². The van der Waals surface area contributed by atoms with Crippen LogP contribution in [0.25, 0.3) is 0 Å². The van der Waals surface area contributed by atoms with E-state index in [4.69, 9.17) is 32.7 Å². The predicted molar refractivity (Wildman–Crippen MR) is 108 cm³/mol. The Kier molecular flexibility index (Phi) is 5.99. The number of thiophene rings is 1. The molecule has 0 saturated heterocycles. The van der Waals surface area contributed by atoms with E-state index >= 15 is 0 Å². The molecule has 1 saturated carbocycles. The number of alkyl halides is 2. The van der Waals surface area contributed by atoms with E-state index in [1.165, 1.54) is 11.3 Å². The molecule has 0 unspecified atom stereocenters. The van der Waals surface area contributed by atoms with Gasteiger partial charge >= 0.3 is 11.9 Å². The number of hydrogen-bond acceptors (Lipinski definition) is 6. The van der Waals surface area contributed by atoms with Gasteiger partial charge in [-0.1, -0.05) is 6.92 Å². The number of carbonyl (C=O) groups is 3. The molecule has 9 heteroatoms. The van der Waals surface area contributed by atoms with Gasteiger partial charge in [-0.15, -0.1) is 34.5 Å². The van der Waals surface area contributed by atoms with E-state index in [9.17, 15) is 14.4 Å². The zero-order valence-corrected chi connectivity index (χ0v) is 18.4. The van der Waals surface area contributed by atoms with Crippen molar-refractivity contribution in [3.8, 4) is 0 Å². The molecule has 2 aliphatic carbocycles. The smallest absolute Gasteiger partial charge is 0.341 e. The summed E-state index contributed by atoms with van der Waals surface area (Å²) in [6.45, 7) is 5.28. The van der Waals surface area contributed by atoms with Crippen LogP contribution >= 0.6 is 34.5 Å². The number of halogens is 2. The quantitative estimate of drug-likeness (QED) is 0.523. The molecule has 1 aromatic heterocycles. The SMILES string of the molecule is CCOC(=O)c1c(NC(=O)COC(=O)[C@@]2(C)CC2(Cl)Cl)sc2c1CC[C@H](C)C2. The van der Waals surface area contributed by atoms with Crippen LogP contribution in [-0.2, 0) is 31.9 Å². The lowest BCUT2D eigenvalue weighted by molar-refractivity contribution is -0.152. The maximum Gasteiger partial charge on any atom is 0.341 e. The molecular weight excluding hydrogens is 425 g/mol. The van der Waals surface area contributed by atoms with E-state index in [0.717, 1.165) is 29.7 Å². The first-order valence-electron chi connectivity index (χ1n) is 9.25. The minimum Gasteiger partial charge on any atom is -0.462 e. The van der Waals surface area contributed by atoms with E-state index in [-0.39, 0.29) is 13.0 Å². The summed E-state index contributed by atoms with van der Waals surface area (Å²) in [7, 11) is 0. The number of nitrogens with one attached hydrogen (secondary N) is 1. The van der Waals surface area contributed by atoms with Crippen LogP contribution in [0.15, 0.2) is 0 Å². The van der Waals surface area contributed by atoms with Crippen molar-refractivity contribution in [1.29, 1.82) is 0 Å². The van der Waals surface area contributed by atoms with Gasteiger partial charge in [-0.2, -0.15) is 0 Å². The van der Waals surface area contributed by atoms with Gasteiger partial charge in [0.25, 0.3) is 5.91 Å². The summed E-state index contributed by atoms with van der Waals surface area (Å²) in [5.74, 6) is -1.06. The summed E-state index contributed by atoms with van der Waals surface area (Å²) in [6, 6.07) is 0. The van der Waals surface area contributed by atoms with Gasteiger partial charge in [0.1, 0.15) is 14.7 Å². The van der Waals surface area contributed by atoms with Crippen molar-refractivity contribution in [2.75, 3.05) is 18.5 Å². The molecule has 28 heavy (non-hydrogen) atoms. The molecule has 1 aromatic rings. The number of ether oxygens (including phenoxy) is 2. The van der Waals surface area contributed by atoms with Crippen LogP contribution in [0.5, 0.6) is 0 Å². The van der Waals surface area contributed by atoms with Gasteiger partial charge in [0.05, 0.1) is 12.2 Å². The summed E-state index contributed by atoms with van der Waals surface area (Å²) in [5, 5.41) is 3.15. The van der Waals surface area contributed by atoms with E-state index in [1.807, 2.05) is 0 Å². The molecule has 1 fully saturated rings. The third-order valence-electron chi connectivity index (χ3n) is 5.29. The Morgan fingerprint density at radius 3 is 2.57 bits per heavy atom. The van der Waals surface area contributed by atoms with Crippen LogP contribution in [-0.4, -0.2) is 35.4 Å². The number of fused-ring (bicyclic) bond motifs is 1. The molecule has 0 spiro atoms. The lowest BCUT2D eigenvalue weighted by Crippen LogP contribution is -2.27. The molecule has 6 nitrogen and oxygen atoms in total. The fourth-order valence-electron chi connectivity index (χ4n) is 3.33. The molecule has 3 rings (SSSR count). The van der Waals surface area contributed by atoms with Crippen LogP contribution in [0.1, 0.15) is 54.4 Å². The Morgan fingerprint density at radius 1 is 1.29 bits per heavy atom. The summed E-state index contributed by atoms with van der Waals surface area (Å²) in [6.07, 6.45) is 2.91. The molecule has 2 atom stereocenters. The lowest BCUT2D eigenvalue weighted by atomic mass is 9.88. The fraction of sp³-hybridized carbons (Fsp3) is 0.632. The zero-order chi connectivity index (χ0) is 20.7. The second kappa shape index (κ2) is 7.84. The van der Waals surface area contributed by atoms with Crippen LogP contribution in [0.4, 0.5) is 5.00 Å². The van der Waals surface area contributed by atoms with Gasteiger partial charge in [0.15, 0.2) is 6.61 Å². The van der Waals surface area contributed by atoms with Gasteiger partial charge in [0.2, 0.25) is 0 Å². The first-order chi connectivity index (χ1) is 13.1. The molecule has 2 aliphatic rings. The monoisotopic (exact) mass is 447 g/mol. The summed E-state index contributed by atoms with van der Waals surface area (Å²) >= 11 is 13.3. The number of hydrogen-bond donors (Lipinski definition) is 1. The minimum atomic E-state index is -1.15. The third kappa shape index (κ3) is 4.02. The number of amides is 1. The van der Waals surface area contributed by atoms with Crippen molar-refractivity contribution >= 4 is 57.4 Å². The Morgan fingerprint density at radius 2 is 1.96 bits per heavy atom. The van der Waals surface area contributed by atoms with Gasteiger partial charge in [-0.25, -0.2) is 4.79 Å². The predicted octanol–water partition coefficient (Wildman–Crippen LogP) is 4.12. The minimum absolute atomic E-state index is 0.252. The molecule has 0 aliphatic heterocycles. The average Bonchev–Trinajstić information content (AvgIpc) is 2.96. The van der Waals surface area contributed by atoms with Crippen molar-refractivity contribution in [2.45, 2.75) is 50.8 Å². The topological polar surface area (TPSA) is 81.7 Å². The summed E-state index contributed by atoms with van der Waals surface area (Å²) in [5.41, 5.74) is 0.376. The van der Waals surface area contributed by atoms with Gasteiger partial charge in [-0.05, 0) is 44.6 Å².